The quantitative estimate of drug-likeness (QED) is 0.550. The summed E-state index contributed by atoms with van der Waals surface area (Å²) in [6.45, 7) is 1.27. The summed E-state index contributed by atoms with van der Waals surface area (Å²) < 4.78 is 20.8. The lowest BCUT2D eigenvalue weighted by atomic mass is 10.7. The predicted octanol–water partition coefficient (Wildman–Crippen LogP) is -0.772. The first-order valence-electron chi connectivity index (χ1n) is 3.26. The van der Waals surface area contributed by atoms with Gasteiger partial charge in [0.1, 0.15) is 0 Å². The number of primary sulfonamides is 1. The van der Waals surface area contributed by atoms with Crippen LogP contribution in [-0.4, -0.2) is 39.3 Å². The van der Waals surface area contributed by atoms with Crippen LogP contribution in [0, 0.1) is 0 Å². The van der Waals surface area contributed by atoms with Crippen LogP contribution in [0.1, 0.15) is 0 Å². The largest absolute Gasteiger partial charge is 0.315 e. The molecular formula is C5H14N2O2S2. The summed E-state index contributed by atoms with van der Waals surface area (Å²) in [6.07, 6.45) is 2.00. The van der Waals surface area contributed by atoms with Gasteiger partial charge in [0.25, 0.3) is 0 Å². The molecule has 68 valence electrons. The lowest BCUT2D eigenvalue weighted by molar-refractivity contribution is 0.594. The van der Waals surface area contributed by atoms with E-state index >= 15 is 0 Å². The first kappa shape index (κ1) is 11.2. The summed E-state index contributed by atoms with van der Waals surface area (Å²) in [4.78, 5) is 0. The highest BCUT2D eigenvalue weighted by atomic mass is 32.2. The zero-order valence-electron chi connectivity index (χ0n) is 6.54. The van der Waals surface area contributed by atoms with Crippen molar-refractivity contribution < 1.29 is 8.42 Å². The Balaban J connectivity index is 3.16. The van der Waals surface area contributed by atoms with Crippen molar-refractivity contribution in [2.24, 2.45) is 5.14 Å². The van der Waals surface area contributed by atoms with Gasteiger partial charge in [-0.3, -0.25) is 0 Å². The molecule has 0 aromatic rings. The van der Waals surface area contributed by atoms with Crippen LogP contribution in [0.4, 0.5) is 0 Å². The van der Waals surface area contributed by atoms with E-state index in [1.165, 1.54) is 0 Å². The van der Waals surface area contributed by atoms with Crippen molar-refractivity contribution in [2.45, 2.75) is 0 Å². The van der Waals surface area contributed by atoms with E-state index in [9.17, 15) is 8.42 Å². The average molecular weight is 198 g/mol. The Labute approximate surface area is 72.0 Å². The van der Waals surface area contributed by atoms with Gasteiger partial charge in [-0.2, -0.15) is 11.8 Å². The van der Waals surface area contributed by atoms with E-state index in [1.54, 1.807) is 11.8 Å². The Hall–Kier alpha value is 0.220. The second-order valence-electron chi connectivity index (χ2n) is 2.11. The fourth-order valence-electron chi connectivity index (χ4n) is 0.514. The van der Waals surface area contributed by atoms with Crippen molar-refractivity contribution in [1.29, 1.82) is 0 Å². The van der Waals surface area contributed by atoms with Gasteiger partial charge in [0.2, 0.25) is 10.0 Å². The van der Waals surface area contributed by atoms with Crippen LogP contribution in [0.2, 0.25) is 0 Å². The maximum Gasteiger partial charge on any atom is 0.210 e. The highest BCUT2D eigenvalue weighted by Crippen LogP contribution is 1.86. The van der Waals surface area contributed by atoms with Crippen LogP contribution in [-0.2, 0) is 10.0 Å². The number of rotatable bonds is 6. The van der Waals surface area contributed by atoms with Gasteiger partial charge in [-0.1, -0.05) is 0 Å². The number of nitrogens with one attached hydrogen (secondary N) is 1. The molecule has 11 heavy (non-hydrogen) atoms. The molecule has 6 heteroatoms. The molecule has 0 aromatic heterocycles. The molecule has 0 unspecified atom stereocenters. The van der Waals surface area contributed by atoms with Crippen molar-refractivity contribution in [3.63, 3.8) is 0 Å². The van der Waals surface area contributed by atoms with Crippen LogP contribution < -0.4 is 10.5 Å². The van der Waals surface area contributed by atoms with E-state index in [-0.39, 0.29) is 5.75 Å². The van der Waals surface area contributed by atoms with Gasteiger partial charge in [0.05, 0.1) is 5.75 Å². The second-order valence-corrected chi connectivity index (χ2v) is 4.83. The van der Waals surface area contributed by atoms with Crippen molar-refractivity contribution in [3.8, 4) is 0 Å². The lowest BCUT2D eigenvalue weighted by Gasteiger charge is -2.00. The fraction of sp³-hybridized carbons (Fsp3) is 1.00. The third kappa shape index (κ3) is 10.2. The van der Waals surface area contributed by atoms with Gasteiger partial charge in [-0.05, 0) is 6.26 Å². The van der Waals surface area contributed by atoms with Crippen LogP contribution >= 0.6 is 11.8 Å². The number of sulfonamides is 1. The van der Waals surface area contributed by atoms with Gasteiger partial charge in [-0.25, -0.2) is 13.6 Å². The minimum absolute atomic E-state index is 0.0153. The van der Waals surface area contributed by atoms with Crippen LogP contribution in [0.3, 0.4) is 0 Å². The zero-order valence-corrected chi connectivity index (χ0v) is 8.17. The van der Waals surface area contributed by atoms with Crippen LogP contribution in [0.15, 0.2) is 0 Å². The first-order chi connectivity index (χ1) is 5.06. The van der Waals surface area contributed by atoms with Crippen LogP contribution in [0.25, 0.3) is 0 Å². The maximum atomic E-state index is 10.4. The smallest absolute Gasteiger partial charge is 0.210 e. The summed E-state index contributed by atoms with van der Waals surface area (Å²) >= 11 is 1.72. The van der Waals surface area contributed by atoms with E-state index in [4.69, 9.17) is 5.14 Å². The first-order valence-corrected chi connectivity index (χ1v) is 6.37. The fourth-order valence-corrected chi connectivity index (χ4v) is 1.29. The molecule has 0 aliphatic heterocycles. The average Bonchev–Trinajstić information content (AvgIpc) is 1.85. The molecule has 0 heterocycles. The third-order valence-electron chi connectivity index (χ3n) is 1.05. The normalized spacial score (nSPS) is 11.8. The molecule has 0 spiro atoms. The van der Waals surface area contributed by atoms with Crippen molar-refractivity contribution in [1.82, 2.24) is 5.32 Å². The number of hydrogen-bond acceptors (Lipinski definition) is 4. The van der Waals surface area contributed by atoms with Gasteiger partial charge < -0.3 is 5.32 Å². The Morgan fingerprint density at radius 1 is 1.45 bits per heavy atom. The van der Waals surface area contributed by atoms with Gasteiger partial charge in [0, 0.05) is 18.8 Å². The Morgan fingerprint density at radius 2 is 2.09 bits per heavy atom. The molecule has 0 radical (unpaired) electrons. The third-order valence-corrected chi connectivity index (χ3v) is 2.43. The van der Waals surface area contributed by atoms with E-state index < -0.39 is 10.0 Å². The van der Waals surface area contributed by atoms with E-state index in [2.05, 4.69) is 5.32 Å². The summed E-state index contributed by atoms with van der Waals surface area (Å²) in [5.74, 6) is 1.01. The minimum Gasteiger partial charge on any atom is -0.315 e. The highest BCUT2D eigenvalue weighted by Gasteiger charge is 1.99. The molecule has 0 atom stereocenters. The van der Waals surface area contributed by atoms with Crippen molar-refractivity contribution >= 4 is 21.8 Å². The van der Waals surface area contributed by atoms with E-state index in [1.807, 2.05) is 6.26 Å². The molecule has 4 nitrogen and oxygen atoms in total. The molecule has 0 aromatic carbocycles. The van der Waals surface area contributed by atoms with Gasteiger partial charge in [-0.15, -0.1) is 0 Å². The molecule has 3 N–H and O–H groups in total. The monoisotopic (exact) mass is 198 g/mol. The number of nitrogens with two attached hydrogens (primary N) is 1. The molecule has 0 amide bonds. The highest BCUT2D eigenvalue weighted by molar-refractivity contribution is 7.98. The Morgan fingerprint density at radius 3 is 2.55 bits per heavy atom. The molecular weight excluding hydrogens is 184 g/mol. The molecule has 0 aliphatic rings. The molecule has 0 saturated carbocycles. The summed E-state index contributed by atoms with van der Waals surface area (Å²) in [5, 5.41) is 7.74. The molecule has 0 fully saturated rings. The minimum atomic E-state index is -3.28. The van der Waals surface area contributed by atoms with Crippen molar-refractivity contribution in [2.75, 3.05) is 30.9 Å². The summed E-state index contributed by atoms with van der Waals surface area (Å²) in [6, 6.07) is 0. The maximum absolute atomic E-state index is 10.4. The summed E-state index contributed by atoms with van der Waals surface area (Å²) in [5.41, 5.74) is 0. The number of thioether (sulfide) groups is 1. The molecule has 0 aliphatic carbocycles. The molecule has 0 saturated heterocycles. The summed E-state index contributed by atoms with van der Waals surface area (Å²) in [7, 11) is -3.28. The van der Waals surface area contributed by atoms with Gasteiger partial charge >= 0.3 is 0 Å². The number of hydrogen-bond donors (Lipinski definition) is 2. The zero-order chi connectivity index (χ0) is 8.74. The molecule has 0 rings (SSSR count). The lowest BCUT2D eigenvalue weighted by Crippen LogP contribution is -2.28. The van der Waals surface area contributed by atoms with Crippen molar-refractivity contribution in [3.05, 3.63) is 0 Å². The predicted molar refractivity (Wildman–Crippen MR) is 49.2 cm³/mol. The van der Waals surface area contributed by atoms with Gasteiger partial charge in [0.15, 0.2) is 0 Å². The topological polar surface area (TPSA) is 72.2 Å². The van der Waals surface area contributed by atoms with Crippen LogP contribution in [0.5, 0.6) is 0 Å². The SMILES string of the molecule is CSCCNCCS(N)(=O)=O. The van der Waals surface area contributed by atoms with E-state index in [0.29, 0.717) is 6.54 Å². The Bertz CT molecular complexity index is 179. The van der Waals surface area contributed by atoms with E-state index in [0.717, 1.165) is 12.3 Å². The molecule has 0 bridgehead atoms. The second kappa shape index (κ2) is 5.82. The Kier molecular flexibility index (Phi) is 5.93. The standard InChI is InChI=1S/C5H14N2O2S2/c1-10-4-2-7-3-5-11(6,8)9/h7H,2-5H2,1H3,(H2,6,8,9).